The number of thioether (sulfide) groups is 1. The van der Waals surface area contributed by atoms with Crippen LogP contribution in [0.4, 0.5) is 0 Å². The first-order valence-electron chi connectivity index (χ1n) is 12.3. The third-order valence-electron chi connectivity index (χ3n) is 6.20. The van der Waals surface area contributed by atoms with Gasteiger partial charge in [0.25, 0.3) is 10.0 Å². The summed E-state index contributed by atoms with van der Waals surface area (Å²) < 4.78 is 31.5. The molecule has 8 nitrogen and oxygen atoms in total. The van der Waals surface area contributed by atoms with Crippen LogP contribution in [0.15, 0.2) is 62.9 Å². The summed E-state index contributed by atoms with van der Waals surface area (Å²) in [5, 5.41) is 10.4. The predicted molar refractivity (Wildman–Crippen MR) is 147 cm³/mol. The van der Waals surface area contributed by atoms with Gasteiger partial charge in [-0.25, -0.2) is 4.98 Å². The molecule has 2 aromatic carbocycles. The topological polar surface area (TPSA) is 105 Å². The van der Waals surface area contributed by atoms with Crippen LogP contribution in [0.2, 0.25) is 0 Å². The highest BCUT2D eigenvalue weighted by Crippen LogP contribution is 2.34. The molecule has 37 heavy (non-hydrogen) atoms. The minimum absolute atomic E-state index is 0.0551. The molecule has 0 aliphatic carbocycles. The van der Waals surface area contributed by atoms with Crippen molar-refractivity contribution in [3.05, 3.63) is 65.6 Å². The number of hydrogen-bond acceptors (Lipinski definition) is 6. The fourth-order valence-electron chi connectivity index (χ4n) is 4.21. The van der Waals surface area contributed by atoms with Crippen LogP contribution in [-0.2, 0) is 23.0 Å². The molecule has 1 N–H and O–H groups in total. The highest BCUT2D eigenvalue weighted by atomic mass is 32.2. The van der Waals surface area contributed by atoms with Crippen LogP contribution >= 0.6 is 11.8 Å². The Balaban J connectivity index is 1.66. The average molecular weight is 541 g/mol. The summed E-state index contributed by atoms with van der Waals surface area (Å²) in [7, 11) is -0.442. The molecule has 0 bridgehead atoms. The fraction of sp³-hybridized carbons (Fsp3) is 0.370. The zero-order valence-electron chi connectivity index (χ0n) is 21.3. The Morgan fingerprint density at radius 3 is 2.59 bits per heavy atom. The number of aliphatic hydroxyl groups is 1. The predicted octanol–water partition coefficient (Wildman–Crippen LogP) is 4.12. The van der Waals surface area contributed by atoms with Crippen LogP contribution in [0.5, 0.6) is 0 Å². The van der Waals surface area contributed by atoms with E-state index in [1.807, 2.05) is 28.8 Å². The molecule has 10 heteroatoms. The lowest BCUT2D eigenvalue weighted by molar-refractivity contribution is 0.0865. The van der Waals surface area contributed by atoms with E-state index in [2.05, 4.69) is 11.3 Å². The van der Waals surface area contributed by atoms with Crippen LogP contribution in [0, 0.1) is 5.92 Å². The van der Waals surface area contributed by atoms with Crippen molar-refractivity contribution in [1.82, 2.24) is 14.5 Å². The Morgan fingerprint density at radius 2 is 1.92 bits per heavy atom. The van der Waals surface area contributed by atoms with Crippen molar-refractivity contribution in [2.24, 2.45) is 10.3 Å². The van der Waals surface area contributed by atoms with Gasteiger partial charge in [0.2, 0.25) is 0 Å². The van der Waals surface area contributed by atoms with E-state index in [9.17, 15) is 18.3 Å². The molecule has 2 heterocycles. The highest BCUT2D eigenvalue weighted by Gasteiger charge is 2.33. The van der Waals surface area contributed by atoms with Crippen molar-refractivity contribution in [2.75, 3.05) is 26.5 Å². The van der Waals surface area contributed by atoms with Crippen molar-refractivity contribution in [2.45, 2.75) is 42.7 Å². The molecular weight excluding hydrogens is 508 g/mol. The van der Waals surface area contributed by atoms with Crippen LogP contribution in [-0.4, -0.2) is 66.6 Å². The SMILES string of the molecule is CCCCc1nc2c(n1Cc1ccc(-c3ccccc3S(=O)(=O)N=CN(C)C)cc1)C(=O)C(CO)CS2. The summed E-state index contributed by atoms with van der Waals surface area (Å²) in [5.41, 5.74) is 2.89. The summed E-state index contributed by atoms with van der Waals surface area (Å²) in [6, 6.07) is 14.5. The number of ketones is 1. The first-order valence-corrected chi connectivity index (χ1v) is 14.7. The van der Waals surface area contributed by atoms with E-state index in [1.165, 1.54) is 18.1 Å². The van der Waals surface area contributed by atoms with Gasteiger partial charge in [-0.05, 0) is 23.6 Å². The third-order valence-corrected chi connectivity index (χ3v) is 8.61. The van der Waals surface area contributed by atoms with Crippen LogP contribution in [0.25, 0.3) is 11.1 Å². The van der Waals surface area contributed by atoms with E-state index in [-0.39, 0.29) is 17.3 Å². The average Bonchev–Trinajstić information content (AvgIpc) is 3.24. The molecule has 1 aliphatic heterocycles. The lowest BCUT2D eigenvalue weighted by Crippen LogP contribution is -2.28. The van der Waals surface area contributed by atoms with E-state index in [4.69, 9.17) is 4.98 Å². The maximum absolute atomic E-state index is 13.1. The Kier molecular flexibility index (Phi) is 8.51. The Hall–Kier alpha value is -2.95. The number of fused-ring (bicyclic) bond motifs is 1. The van der Waals surface area contributed by atoms with E-state index in [1.54, 1.807) is 43.3 Å². The molecule has 1 atom stereocenters. The number of hydrogen-bond donors (Lipinski definition) is 1. The quantitative estimate of drug-likeness (QED) is 0.305. The van der Waals surface area contributed by atoms with Crippen LogP contribution in [0.3, 0.4) is 0 Å². The normalized spacial score (nSPS) is 15.8. The van der Waals surface area contributed by atoms with Crippen molar-refractivity contribution in [3.8, 4) is 11.1 Å². The molecule has 1 unspecified atom stereocenters. The summed E-state index contributed by atoms with van der Waals surface area (Å²) in [5.74, 6) is 0.955. The van der Waals surface area contributed by atoms with Gasteiger partial charge in [0.05, 0.1) is 17.4 Å². The minimum atomic E-state index is -3.87. The first kappa shape index (κ1) is 27.1. The Labute approximate surface area is 222 Å². The molecule has 0 saturated carbocycles. The number of sulfonamides is 1. The van der Waals surface area contributed by atoms with Gasteiger partial charge in [-0.1, -0.05) is 55.8 Å². The minimum Gasteiger partial charge on any atom is -0.396 e. The van der Waals surface area contributed by atoms with Gasteiger partial charge in [0.15, 0.2) is 5.78 Å². The highest BCUT2D eigenvalue weighted by molar-refractivity contribution is 7.99. The summed E-state index contributed by atoms with van der Waals surface area (Å²) in [4.78, 5) is 19.6. The smallest absolute Gasteiger partial charge is 0.284 e. The van der Waals surface area contributed by atoms with Crippen molar-refractivity contribution in [3.63, 3.8) is 0 Å². The van der Waals surface area contributed by atoms with E-state index in [0.717, 1.165) is 41.2 Å². The lowest BCUT2D eigenvalue weighted by atomic mass is 10.0. The van der Waals surface area contributed by atoms with Crippen LogP contribution in [0.1, 0.15) is 41.6 Å². The monoisotopic (exact) mass is 540 g/mol. The largest absolute Gasteiger partial charge is 0.396 e. The number of nitrogens with zero attached hydrogens (tertiary/aromatic N) is 4. The number of carbonyl (C=O) groups excluding carboxylic acids is 1. The van der Waals surface area contributed by atoms with E-state index < -0.39 is 15.9 Å². The molecule has 0 amide bonds. The molecule has 0 radical (unpaired) electrons. The standard InChI is InChI=1S/C27H32N4O4S2/c1-4-5-10-24-29-27-25(26(33)21(16-32)17-36-27)31(24)15-19-11-13-20(14-12-19)22-8-6-7-9-23(22)37(34,35)28-18-30(2)3/h6-9,11-14,18,21,32H,4-5,10,15-17H2,1-3H3. The number of carbonyl (C=O) groups is 1. The van der Waals surface area contributed by atoms with Gasteiger partial charge in [-0.15, -0.1) is 16.2 Å². The van der Waals surface area contributed by atoms with E-state index >= 15 is 0 Å². The number of unbranched alkanes of at least 4 members (excludes halogenated alkanes) is 1. The van der Waals surface area contributed by atoms with E-state index in [0.29, 0.717) is 23.6 Å². The third kappa shape index (κ3) is 5.97. The van der Waals surface area contributed by atoms with Crippen molar-refractivity contribution < 1.29 is 18.3 Å². The van der Waals surface area contributed by atoms with Gasteiger partial charge >= 0.3 is 0 Å². The van der Waals surface area contributed by atoms with Crippen LogP contribution < -0.4 is 0 Å². The van der Waals surface area contributed by atoms with Crippen molar-refractivity contribution in [1.29, 1.82) is 0 Å². The zero-order chi connectivity index (χ0) is 26.6. The maximum atomic E-state index is 13.1. The van der Waals surface area contributed by atoms with Gasteiger partial charge < -0.3 is 14.6 Å². The van der Waals surface area contributed by atoms with Gasteiger partial charge in [-0.2, -0.15) is 8.42 Å². The molecule has 196 valence electrons. The number of aliphatic hydroxyl groups excluding tert-OH is 1. The molecule has 0 fully saturated rings. The number of aryl methyl sites for hydroxylation is 1. The fourth-order valence-corrected chi connectivity index (χ4v) is 6.48. The summed E-state index contributed by atoms with van der Waals surface area (Å²) >= 11 is 1.53. The number of benzene rings is 2. The number of rotatable bonds is 10. The first-order chi connectivity index (χ1) is 17.7. The molecule has 3 aromatic rings. The molecule has 1 aromatic heterocycles. The number of Topliss-reactive ketones (excluding diaryl/α,β-unsaturated/α-hetero) is 1. The Morgan fingerprint density at radius 1 is 1.19 bits per heavy atom. The lowest BCUT2D eigenvalue weighted by Gasteiger charge is -2.20. The second-order valence-electron chi connectivity index (χ2n) is 9.28. The molecule has 1 aliphatic rings. The molecule has 4 rings (SSSR count). The zero-order valence-corrected chi connectivity index (χ0v) is 22.9. The summed E-state index contributed by atoms with van der Waals surface area (Å²) in [6.45, 7) is 2.42. The maximum Gasteiger partial charge on any atom is 0.284 e. The van der Waals surface area contributed by atoms with Crippen molar-refractivity contribution >= 4 is 33.9 Å². The van der Waals surface area contributed by atoms with Gasteiger partial charge in [0, 0.05) is 38.4 Å². The molecule has 0 saturated heterocycles. The number of aromatic nitrogens is 2. The second kappa shape index (κ2) is 11.6. The molecular formula is C27H32N4O4S2. The second-order valence-corrected chi connectivity index (χ2v) is 11.9. The summed E-state index contributed by atoms with van der Waals surface area (Å²) in [6.07, 6.45) is 4.04. The molecule has 0 spiro atoms. The number of imidazole rings is 1. The van der Waals surface area contributed by atoms with Gasteiger partial charge in [0.1, 0.15) is 22.9 Å². The van der Waals surface area contributed by atoms with Gasteiger partial charge in [-0.3, -0.25) is 4.79 Å². The Bertz CT molecular complexity index is 1400.